The highest BCUT2D eigenvalue weighted by Gasteiger charge is 2.42. The molecule has 2 aliphatic rings. The predicted molar refractivity (Wildman–Crippen MR) is 162 cm³/mol. The fraction of sp³-hybridized carbons (Fsp3) is 0.188. The Morgan fingerprint density at radius 2 is 1.57 bits per heavy atom. The summed E-state index contributed by atoms with van der Waals surface area (Å²) in [6, 6.07) is 29.3. The summed E-state index contributed by atoms with van der Waals surface area (Å²) in [5.41, 5.74) is 3.12. The van der Waals surface area contributed by atoms with Gasteiger partial charge in [-0.2, -0.15) is 0 Å². The zero-order valence-electron chi connectivity index (χ0n) is 22.1. The Kier molecular flexibility index (Phi) is 7.73. The first-order chi connectivity index (χ1) is 19.5. The van der Waals surface area contributed by atoms with E-state index >= 15 is 0 Å². The molecule has 0 unspecified atom stereocenters. The van der Waals surface area contributed by atoms with Gasteiger partial charge < -0.3 is 14.2 Å². The minimum atomic E-state index is -0.634. The Bertz CT molecular complexity index is 1460. The average molecular weight is 569 g/mol. The molecule has 6 nitrogen and oxygen atoms in total. The normalized spacial score (nSPS) is 21.6. The van der Waals surface area contributed by atoms with Gasteiger partial charge in [0.1, 0.15) is 22.6 Å². The van der Waals surface area contributed by atoms with Crippen molar-refractivity contribution < 1.29 is 19.0 Å². The van der Waals surface area contributed by atoms with Crippen molar-refractivity contribution in [3.05, 3.63) is 118 Å². The van der Waals surface area contributed by atoms with E-state index in [0.29, 0.717) is 23.0 Å². The van der Waals surface area contributed by atoms with Crippen LogP contribution in [-0.2, 0) is 9.53 Å². The molecule has 8 heteroatoms. The van der Waals surface area contributed by atoms with Crippen LogP contribution in [0.25, 0.3) is 6.08 Å². The summed E-state index contributed by atoms with van der Waals surface area (Å²) in [6.07, 6.45) is 1.39. The third-order valence-corrected chi connectivity index (χ3v) is 8.37. The van der Waals surface area contributed by atoms with Gasteiger partial charge in [-0.25, -0.2) is 4.99 Å². The van der Waals surface area contributed by atoms with E-state index in [9.17, 15) is 4.79 Å². The number of ether oxygens (including phenoxy) is 3. The van der Waals surface area contributed by atoms with Crippen LogP contribution in [0.1, 0.15) is 22.4 Å². The number of amidine groups is 1. The van der Waals surface area contributed by atoms with E-state index in [4.69, 9.17) is 19.2 Å². The van der Waals surface area contributed by atoms with Gasteiger partial charge in [-0.1, -0.05) is 71.4 Å². The number of hydrogen-bond acceptors (Lipinski definition) is 7. The highest BCUT2D eigenvalue weighted by molar-refractivity contribution is 8.14. The molecule has 0 N–H and O–H groups in total. The molecular formula is C32H28N2O4S2. The van der Waals surface area contributed by atoms with Crippen LogP contribution >= 0.6 is 23.1 Å². The molecule has 1 aromatic heterocycles. The number of para-hydroxylation sites is 1. The maximum Gasteiger partial charge on any atom is 0.283 e. The largest absolute Gasteiger partial charge is 0.484 e. The lowest BCUT2D eigenvalue weighted by Crippen LogP contribution is -2.32. The highest BCUT2D eigenvalue weighted by atomic mass is 32.2. The van der Waals surface area contributed by atoms with Crippen LogP contribution in [-0.4, -0.2) is 28.9 Å². The number of rotatable bonds is 7. The van der Waals surface area contributed by atoms with E-state index in [0.717, 1.165) is 27.4 Å². The van der Waals surface area contributed by atoms with Gasteiger partial charge in [-0.3, -0.25) is 9.69 Å². The summed E-state index contributed by atoms with van der Waals surface area (Å²) in [4.78, 5) is 20.9. The minimum absolute atomic E-state index is 0.167. The summed E-state index contributed by atoms with van der Waals surface area (Å²) in [5, 5.41) is 2.55. The van der Waals surface area contributed by atoms with Gasteiger partial charge in [0.25, 0.3) is 5.91 Å². The molecule has 6 rings (SSSR count). The zero-order chi connectivity index (χ0) is 27.5. The summed E-state index contributed by atoms with van der Waals surface area (Å²) < 4.78 is 19.0. The van der Waals surface area contributed by atoms with Crippen molar-refractivity contribution >= 4 is 45.9 Å². The monoisotopic (exact) mass is 568 g/mol. The molecule has 0 aliphatic carbocycles. The molecule has 1 saturated heterocycles. The number of thiophene rings is 1. The number of aryl methyl sites for hydroxylation is 2. The van der Waals surface area contributed by atoms with Crippen LogP contribution in [0.15, 0.2) is 107 Å². The molecule has 0 spiro atoms. The molecule has 3 heterocycles. The molecule has 3 aromatic carbocycles. The van der Waals surface area contributed by atoms with E-state index in [-0.39, 0.29) is 17.4 Å². The summed E-state index contributed by atoms with van der Waals surface area (Å²) in [5.74, 6) is 1.29. The van der Waals surface area contributed by atoms with Crippen LogP contribution in [0.2, 0.25) is 0 Å². The lowest BCUT2D eigenvalue weighted by Gasteiger charge is -2.21. The van der Waals surface area contributed by atoms with E-state index in [1.165, 1.54) is 11.8 Å². The van der Waals surface area contributed by atoms with Gasteiger partial charge in [-0.15, -0.1) is 11.3 Å². The van der Waals surface area contributed by atoms with Gasteiger partial charge in [0, 0.05) is 11.3 Å². The molecule has 2 aliphatic heterocycles. The SMILES string of the molecule is Cc1ccc(O[C@H]2O[C@@H](SC3=N/C(=C/c4cccs4)C(=O)N3c3ccccc3)C[C@H]2Oc2ccc(C)cc2)cc1. The number of carbonyl (C=O) groups is 1. The molecule has 1 fully saturated rings. The average Bonchev–Trinajstić information content (AvgIpc) is 3.68. The first kappa shape index (κ1) is 26.4. The quantitative estimate of drug-likeness (QED) is 0.217. The van der Waals surface area contributed by atoms with Crippen LogP contribution < -0.4 is 14.4 Å². The lowest BCUT2D eigenvalue weighted by molar-refractivity contribution is -0.113. The van der Waals surface area contributed by atoms with Gasteiger partial charge in [0.05, 0.1) is 5.69 Å². The first-order valence-corrected chi connectivity index (χ1v) is 14.8. The van der Waals surface area contributed by atoms with Crippen molar-refractivity contribution in [2.24, 2.45) is 4.99 Å². The summed E-state index contributed by atoms with van der Waals surface area (Å²) >= 11 is 2.97. The first-order valence-electron chi connectivity index (χ1n) is 13.0. The predicted octanol–water partition coefficient (Wildman–Crippen LogP) is 7.44. The topological polar surface area (TPSA) is 60.4 Å². The van der Waals surface area contributed by atoms with Crippen LogP contribution in [0.5, 0.6) is 11.5 Å². The van der Waals surface area contributed by atoms with Crippen molar-refractivity contribution in [2.45, 2.75) is 38.1 Å². The van der Waals surface area contributed by atoms with Crippen LogP contribution in [0, 0.1) is 13.8 Å². The maximum atomic E-state index is 13.5. The smallest absolute Gasteiger partial charge is 0.283 e. The van der Waals surface area contributed by atoms with Crippen molar-refractivity contribution in [3.63, 3.8) is 0 Å². The van der Waals surface area contributed by atoms with E-state index in [2.05, 4.69) is 0 Å². The third-order valence-electron chi connectivity index (χ3n) is 6.50. The Morgan fingerprint density at radius 3 is 2.23 bits per heavy atom. The van der Waals surface area contributed by atoms with E-state index < -0.39 is 6.29 Å². The molecule has 0 bridgehead atoms. The molecule has 0 saturated carbocycles. The second-order valence-corrected chi connectivity index (χ2v) is 11.7. The van der Waals surface area contributed by atoms with Crippen LogP contribution in [0.3, 0.4) is 0 Å². The Balaban J connectivity index is 1.26. The third kappa shape index (κ3) is 5.99. The number of amides is 1. The summed E-state index contributed by atoms with van der Waals surface area (Å²) in [6.45, 7) is 4.08. The zero-order valence-corrected chi connectivity index (χ0v) is 23.7. The number of hydrogen-bond donors (Lipinski definition) is 0. The number of nitrogens with zero attached hydrogens (tertiary/aromatic N) is 2. The number of thioether (sulfide) groups is 1. The second kappa shape index (κ2) is 11.7. The number of benzene rings is 3. The van der Waals surface area contributed by atoms with Crippen molar-refractivity contribution in [1.29, 1.82) is 0 Å². The van der Waals surface area contributed by atoms with Gasteiger partial charge >= 0.3 is 0 Å². The lowest BCUT2D eigenvalue weighted by atomic mass is 10.2. The molecule has 202 valence electrons. The fourth-order valence-corrected chi connectivity index (χ4v) is 6.21. The molecule has 40 heavy (non-hydrogen) atoms. The van der Waals surface area contributed by atoms with Crippen LogP contribution in [0.4, 0.5) is 5.69 Å². The molecule has 3 atom stereocenters. The Morgan fingerprint density at radius 1 is 0.900 bits per heavy atom. The minimum Gasteiger partial charge on any atom is -0.484 e. The Labute approximate surface area is 241 Å². The number of aliphatic imine (C=N–C) groups is 1. The van der Waals surface area contributed by atoms with Gasteiger partial charge in [-0.05, 0) is 67.8 Å². The number of anilines is 1. The molecule has 0 radical (unpaired) electrons. The van der Waals surface area contributed by atoms with Crippen molar-refractivity contribution in [2.75, 3.05) is 4.90 Å². The maximum absolute atomic E-state index is 13.5. The molecule has 1 amide bonds. The molecular weight excluding hydrogens is 540 g/mol. The molecule has 4 aromatic rings. The standard InChI is InChI=1S/C32H28N2O4S2/c1-21-10-14-24(15-11-21)36-28-20-29(38-31(28)37-25-16-12-22(2)13-17-25)40-32-33-27(19-26-9-6-18-39-26)30(35)34(32)23-7-4-3-5-8-23/h3-19,28-29,31H,20H2,1-2H3/b27-19+/t28-,29+,31+/m1/s1. The van der Waals surface area contributed by atoms with E-state index in [1.807, 2.05) is 116 Å². The summed E-state index contributed by atoms with van der Waals surface area (Å²) in [7, 11) is 0. The van der Waals surface area contributed by atoms with Gasteiger partial charge in [0.2, 0.25) is 6.29 Å². The van der Waals surface area contributed by atoms with Crippen molar-refractivity contribution in [3.8, 4) is 11.5 Å². The van der Waals surface area contributed by atoms with E-state index in [1.54, 1.807) is 16.2 Å². The fourth-order valence-electron chi connectivity index (χ4n) is 4.43. The highest BCUT2D eigenvalue weighted by Crippen LogP contribution is 2.38. The van der Waals surface area contributed by atoms with Crippen molar-refractivity contribution in [1.82, 2.24) is 0 Å². The Hall–Kier alpha value is -3.85. The van der Waals surface area contributed by atoms with Gasteiger partial charge in [0.15, 0.2) is 11.3 Å². The number of carbonyl (C=O) groups excluding carboxylic acids is 1. The second-order valence-electron chi connectivity index (χ2n) is 9.60.